The number of halogens is 15. The number of guanidine groups is 1. The Morgan fingerprint density at radius 2 is 1.02 bits per heavy atom. The third kappa shape index (κ3) is 36.3. The molecule has 0 aliphatic carbocycles. The number of imide groups is 1. The number of likely N-dealkylation sites (tertiary alicyclic amines) is 1. The van der Waals surface area contributed by atoms with E-state index < -0.39 is 102 Å². The van der Waals surface area contributed by atoms with Crippen molar-refractivity contribution in [3.63, 3.8) is 0 Å². The fraction of sp³-hybridized carbons (Fsp3) is 0.556. The number of hydrogen-bond acceptors (Lipinski definition) is 17. The minimum Gasteiger partial charge on any atom is -0.475 e. The van der Waals surface area contributed by atoms with Gasteiger partial charge in [0.1, 0.15) is 12.1 Å². The van der Waals surface area contributed by atoms with Crippen LogP contribution in [0.2, 0.25) is 0 Å². The number of benzene rings is 2. The number of carboxylic acids is 5. The van der Waals surface area contributed by atoms with Crippen LogP contribution in [0.25, 0.3) is 0 Å². The quantitative estimate of drug-likeness (QED) is 0.0485. The highest BCUT2D eigenvalue weighted by Crippen LogP contribution is 2.38. The molecule has 3 atom stereocenters. The number of aliphatic imine (C=N–C) groups is 1. The van der Waals surface area contributed by atoms with Gasteiger partial charge >= 0.3 is 60.7 Å². The van der Waals surface area contributed by atoms with Crippen molar-refractivity contribution < 1.29 is 144 Å². The van der Waals surface area contributed by atoms with Crippen LogP contribution in [0, 0.1) is 5.92 Å². The minimum absolute atomic E-state index is 0.0514. The van der Waals surface area contributed by atoms with Crippen LogP contribution >= 0.6 is 0 Å². The predicted molar refractivity (Wildman–Crippen MR) is 311 cm³/mol. The molecular weight excluding hydrogens is 1370 g/mol. The second-order valence-corrected chi connectivity index (χ2v) is 20.6. The molecule has 0 bridgehead atoms. The Morgan fingerprint density at radius 1 is 0.582 bits per heavy atom. The highest BCUT2D eigenvalue weighted by atomic mass is 19.4. The first-order valence-corrected chi connectivity index (χ1v) is 28.5. The summed E-state index contributed by atoms with van der Waals surface area (Å²) in [6.45, 7) is 11.3. The van der Waals surface area contributed by atoms with Crippen LogP contribution in [0.4, 0.5) is 82.9 Å². The summed E-state index contributed by atoms with van der Waals surface area (Å²) in [5.74, 6) is -15.7. The Labute approximate surface area is 546 Å². The average Bonchev–Trinajstić information content (AvgIpc) is 1.59. The number of hydrogen-bond donors (Lipinski definition) is 13. The van der Waals surface area contributed by atoms with Crippen LogP contribution in [0.1, 0.15) is 69.2 Å². The summed E-state index contributed by atoms with van der Waals surface area (Å²) >= 11 is 0. The van der Waals surface area contributed by atoms with Gasteiger partial charge in [-0.05, 0) is 108 Å². The molecule has 2 fully saturated rings. The summed E-state index contributed by atoms with van der Waals surface area (Å²) in [7, 11) is 0. The molecule has 2 aromatic carbocycles. The number of amides is 6. The zero-order valence-corrected chi connectivity index (χ0v) is 51.7. The number of aliphatic carboxylic acids is 5. The van der Waals surface area contributed by atoms with E-state index in [0.717, 1.165) is 78.0 Å². The summed E-state index contributed by atoms with van der Waals surface area (Å²) in [6.07, 6.45) is -20.0. The van der Waals surface area contributed by atoms with Crippen molar-refractivity contribution in [1.82, 2.24) is 36.0 Å². The first-order chi connectivity index (χ1) is 45.0. The minimum atomic E-state index is -5.08. The topological polar surface area (TPSA) is 452 Å². The second kappa shape index (κ2) is 41.8. The van der Waals surface area contributed by atoms with Crippen LogP contribution in [0.5, 0.6) is 0 Å². The van der Waals surface area contributed by atoms with Gasteiger partial charge in [0.15, 0.2) is 5.96 Å². The number of nitrogens with zero attached hydrogens (tertiary/aromatic N) is 5. The molecule has 2 aromatic rings. The molecule has 0 radical (unpaired) electrons. The van der Waals surface area contributed by atoms with Gasteiger partial charge in [0.2, 0.25) is 29.5 Å². The number of fused-ring (bicyclic) bond motifs is 2. The van der Waals surface area contributed by atoms with E-state index in [9.17, 15) is 94.6 Å². The van der Waals surface area contributed by atoms with Crippen LogP contribution in [-0.4, -0.2) is 239 Å². The third-order valence-electron chi connectivity index (χ3n) is 13.1. The van der Waals surface area contributed by atoms with Crippen LogP contribution in [0.3, 0.4) is 0 Å². The number of carboxylic acid groups (broad SMARTS) is 5. The van der Waals surface area contributed by atoms with Gasteiger partial charge < -0.3 is 68.9 Å². The molecule has 16 N–H and O–H groups in total. The van der Waals surface area contributed by atoms with Crippen molar-refractivity contribution in [3.05, 3.63) is 54.1 Å². The fourth-order valence-corrected chi connectivity index (χ4v) is 8.34. The number of nitrogens with two attached hydrogens (primary N) is 3. The number of para-hydroxylation sites is 3. The van der Waals surface area contributed by atoms with Gasteiger partial charge in [-0.15, -0.1) is 0 Å². The molecule has 29 nitrogen and oxygen atoms in total. The number of anilines is 3. The summed E-state index contributed by atoms with van der Waals surface area (Å²) in [4.78, 5) is 135. The highest BCUT2D eigenvalue weighted by molar-refractivity contribution is 6.18. The van der Waals surface area contributed by atoms with E-state index >= 15 is 0 Å². The number of piperidine rings is 1. The Morgan fingerprint density at radius 3 is 1.46 bits per heavy atom. The number of alkyl halides is 15. The van der Waals surface area contributed by atoms with Gasteiger partial charge in [0.25, 0.3) is 5.91 Å². The number of carbonyl (C=O) groups excluding carboxylic acids is 6. The van der Waals surface area contributed by atoms with Crippen molar-refractivity contribution in [1.29, 1.82) is 0 Å². The van der Waals surface area contributed by atoms with Crippen molar-refractivity contribution in [2.24, 2.45) is 28.1 Å². The lowest BCUT2D eigenvalue weighted by molar-refractivity contribution is -0.193. The van der Waals surface area contributed by atoms with Gasteiger partial charge in [0.05, 0.1) is 35.2 Å². The number of piperazine rings is 1. The number of carbonyl (C=O) groups is 11. The normalized spacial score (nSPS) is 15.3. The summed E-state index contributed by atoms with van der Waals surface area (Å²) in [5.41, 5.74) is 18.9. The molecule has 0 saturated carbocycles. The Hall–Kier alpha value is -9.17. The summed E-state index contributed by atoms with van der Waals surface area (Å²) in [5, 5.41) is 49.4. The summed E-state index contributed by atoms with van der Waals surface area (Å²) < 4.78 is 159. The van der Waals surface area contributed by atoms with Crippen LogP contribution in [-0.2, 0) is 47.9 Å². The molecular formula is C54H72F15N13O16. The van der Waals surface area contributed by atoms with Crippen molar-refractivity contribution in [2.45, 2.75) is 108 Å². The first-order valence-electron chi connectivity index (χ1n) is 28.5. The van der Waals surface area contributed by atoms with E-state index in [-0.39, 0.29) is 43.7 Å². The predicted octanol–water partition coefficient (Wildman–Crippen LogP) is 3.21. The Balaban J connectivity index is 0.00000218. The molecule has 554 valence electrons. The molecule has 44 heteroatoms. The molecule has 0 unspecified atom stereocenters. The maximum absolute atomic E-state index is 13.9. The molecule has 0 aromatic heterocycles. The largest absolute Gasteiger partial charge is 0.490 e. The van der Waals surface area contributed by atoms with Crippen molar-refractivity contribution >= 4 is 88.3 Å². The van der Waals surface area contributed by atoms with Gasteiger partial charge in [-0.1, -0.05) is 24.3 Å². The lowest BCUT2D eigenvalue weighted by atomic mass is 9.92. The number of rotatable bonds is 21. The van der Waals surface area contributed by atoms with E-state index in [4.69, 9.17) is 66.7 Å². The van der Waals surface area contributed by atoms with Crippen molar-refractivity contribution in [2.75, 3.05) is 88.8 Å². The zero-order chi connectivity index (χ0) is 75.7. The van der Waals surface area contributed by atoms with E-state index in [2.05, 4.69) is 46.3 Å². The average molecular weight is 1440 g/mol. The monoisotopic (exact) mass is 1440 g/mol. The van der Waals surface area contributed by atoms with Gasteiger partial charge in [-0.2, -0.15) is 65.9 Å². The smallest absolute Gasteiger partial charge is 0.475 e. The van der Waals surface area contributed by atoms with E-state index in [1.165, 1.54) is 13.8 Å². The fourth-order valence-electron chi connectivity index (χ4n) is 8.34. The maximum Gasteiger partial charge on any atom is 0.490 e. The van der Waals surface area contributed by atoms with E-state index in [1.54, 1.807) is 11.0 Å². The molecule has 5 rings (SSSR count). The Bertz CT molecular complexity index is 2850. The van der Waals surface area contributed by atoms with Gasteiger partial charge in [-0.25, -0.2) is 24.0 Å². The van der Waals surface area contributed by atoms with Crippen LogP contribution < -0.4 is 48.7 Å². The molecule has 98 heavy (non-hydrogen) atoms. The molecule has 6 amide bonds. The van der Waals surface area contributed by atoms with Gasteiger partial charge in [-0.3, -0.25) is 53.8 Å². The first kappa shape index (κ1) is 88.8. The summed E-state index contributed by atoms with van der Waals surface area (Å²) in [6, 6.07) is 12.0. The lowest BCUT2D eigenvalue weighted by Crippen LogP contribution is -2.56. The molecule has 2 saturated heterocycles. The van der Waals surface area contributed by atoms with Crippen molar-refractivity contribution in [3.8, 4) is 0 Å². The Kier molecular flexibility index (Phi) is 37.9. The molecule has 0 spiro atoms. The van der Waals surface area contributed by atoms with E-state index in [0.29, 0.717) is 48.1 Å². The molecule has 3 heterocycles. The standard InChI is InChI=1S/C44H67N13O6.5C2HF3O2/c1-30(40(60)53-43(63)36(12-7-18-45)51-31(2)58)50-42(62)35(15-19-49-44(46)47)48-20-24-55-27-25-54(26-28-55)21-8-9-32-16-22-56(23-17-32)29-39(59)57-37-13-5-3-10-33(37)41(61)52-34-11-4-6-14-38(34)57;5*3-2(4,5)1(6)7/h3-6,10-11,13-14,30,32,35-36,48H,7-9,12,15-29,45H2,1-2H3,(H,50,62)(H,51,58)(H,52,61)(H4,46,47,49)(H,53,60,63);5*(H,6,7)/t30-,35-,36+;;;;;/m0...../s1. The molecule has 3 aliphatic heterocycles. The number of nitrogens with one attached hydrogen (secondary N) is 5. The maximum atomic E-state index is 13.9. The van der Waals surface area contributed by atoms with E-state index in [1.807, 2.05) is 42.5 Å². The van der Waals surface area contributed by atoms with Crippen LogP contribution in [0.15, 0.2) is 53.5 Å². The third-order valence-corrected chi connectivity index (χ3v) is 13.1. The SMILES string of the molecule is CC(=O)N[C@H](CCCN)C(=O)NC(=O)[C@H](C)NC(=O)[C@H](CCN=C(N)N)NCCN1CCN(CCCC2CCN(CC(=O)N3c4ccccc4NC(=O)c4ccccc43)CC2)CC1.O=C(O)C(F)(F)F.O=C(O)C(F)(F)F.O=C(O)C(F)(F)F.O=C(O)C(F)(F)F.O=C(O)C(F)(F)F. The second-order valence-electron chi connectivity index (χ2n) is 20.6. The van der Waals surface area contributed by atoms with Gasteiger partial charge in [0, 0.05) is 52.7 Å². The lowest BCUT2D eigenvalue weighted by Gasteiger charge is -2.36. The highest BCUT2D eigenvalue weighted by Gasteiger charge is 2.41. The zero-order valence-electron chi connectivity index (χ0n) is 51.7. The molecule has 3 aliphatic rings.